The third-order valence-electron chi connectivity index (χ3n) is 4.13. The van der Waals surface area contributed by atoms with Crippen molar-refractivity contribution in [1.29, 1.82) is 0 Å². The Kier molecular flexibility index (Phi) is 6.94. The lowest BCUT2D eigenvalue weighted by Crippen LogP contribution is -3.11. The Balaban J connectivity index is 1.87. The van der Waals surface area contributed by atoms with Crippen molar-refractivity contribution < 1.29 is 14.5 Å². The summed E-state index contributed by atoms with van der Waals surface area (Å²) in [5.41, 5.74) is 4.74. The van der Waals surface area contributed by atoms with E-state index in [1.165, 1.54) is 0 Å². The molecule has 0 fully saturated rings. The Morgan fingerprint density at radius 3 is 2.08 bits per heavy atom. The minimum atomic E-state index is -0.127. The van der Waals surface area contributed by atoms with Crippen LogP contribution in [0.25, 0.3) is 0 Å². The van der Waals surface area contributed by atoms with E-state index >= 15 is 0 Å². The number of hydrogen-bond donors (Lipinski definition) is 3. The minimum absolute atomic E-state index is 0.106. The summed E-state index contributed by atoms with van der Waals surface area (Å²) in [5.74, 6) is -0.232. The third-order valence-corrected chi connectivity index (χ3v) is 4.98. The molecule has 0 aliphatic rings. The van der Waals surface area contributed by atoms with Gasteiger partial charge in [-0.25, -0.2) is 0 Å². The summed E-state index contributed by atoms with van der Waals surface area (Å²) >= 11 is 3.45. The molecule has 0 aliphatic heterocycles. The zero-order valence-electron chi connectivity index (χ0n) is 15.6. The smallest absolute Gasteiger partial charge is 0.279 e. The topological polar surface area (TPSA) is 62.6 Å². The first-order valence-corrected chi connectivity index (χ1v) is 9.29. The second kappa shape index (κ2) is 8.96. The second-order valence-electron chi connectivity index (χ2n) is 6.64. The van der Waals surface area contributed by atoms with Crippen molar-refractivity contribution >= 4 is 39.1 Å². The van der Waals surface area contributed by atoms with Crippen LogP contribution in [0.3, 0.4) is 0 Å². The molecule has 0 radical (unpaired) electrons. The average Bonchev–Trinajstić information content (AvgIpc) is 2.54. The predicted octanol–water partition coefficient (Wildman–Crippen LogP) is 2.47. The molecule has 0 aromatic heterocycles. The number of carbonyl (C=O) groups is 2. The molecule has 0 aliphatic carbocycles. The predicted molar refractivity (Wildman–Crippen MR) is 109 cm³/mol. The van der Waals surface area contributed by atoms with Crippen LogP contribution in [0, 0.1) is 20.8 Å². The number of rotatable bonds is 6. The Hall–Kier alpha value is -2.18. The molecule has 0 spiro atoms. The molecule has 2 aromatic rings. The summed E-state index contributed by atoms with van der Waals surface area (Å²) in [4.78, 5) is 25.3. The zero-order valence-corrected chi connectivity index (χ0v) is 17.2. The van der Waals surface area contributed by atoms with Gasteiger partial charge in [-0.3, -0.25) is 9.59 Å². The first kappa shape index (κ1) is 20.1. The van der Waals surface area contributed by atoms with Crippen LogP contribution in [-0.4, -0.2) is 32.0 Å². The highest BCUT2D eigenvalue weighted by atomic mass is 79.9. The van der Waals surface area contributed by atoms with Crippen molar-refractivity contribution in [3.63, 3.8) is 0 Å². The molecule has 0 heterocycles. The van der Waals surface area contributed by atoms with Crippen LogP contribution in [0.4, 0.5) is 11.4 Å². The number of aryl methyl sites for hydroxylation is 3. The van der Waals surface area contributed by atoms with Gasteiger partial charge in [-0.2, -0.15) is 0 Å². The van der Waals surface area contributed by atoms with Crippen LogP contribution in [0.2, 0.25) is 0 Å². The molecule has 3 N–H and O–H groups in total. The largest absolute Gasteiger partial charge is 0.322 e. The molecule has 1 atom stereocenters. The minimum Gasteiger partial charge on any atom is -0.322 e. The number of nitrogens with one attached hydrogen (secondary N) is 3. The maximum absolute atomic E-state index is 12.3. The van der Waals surface area contributed by atoms with E-state index < -0.39 is 0 Å². The molecule has 2 amide bonds. The second-order valence-corrected chi connectivity index (χ2v) is 7.49. The van der Waals surface area contributed by atoms with Gasteiger partial charge in [0.2, 0.25) is 0 Å². The molecular formula is C20H25BrN3O2+. The molecule has 6 heteroatoms. The van der Waals surface area contributed by atoms with Gasteiger partial charge in [-0.05, 0) is 49.6 Å². The number of hydrogen-bond acceptors (Lipinski definition) is 2. The Bertz CT molecular complexity index is 800. The molecule has 138 valence electrons. The fourth-order valence-corrected chi connectivity index (χ4v) is 3.06. The zero-order chi connectivity index (χ0) is 19.3. The first-order valence-electron chi connectivity index (χ1n) is 8.49. The number of amides is 2. The quantitative estimate of drug-likeness (QED) is 0.674. The maximum atomic E-state index is 12.3. The summed E-state index contributed by atoms with van der Waals surface area (Å²) in [6.07, 6.45) is 0. The van der Waals surface area contributed by atoms with Gasteiger partial charge in [0.05, 0.1) is 7.05 Å². The number of quaternary nitrogens is 1. The number of likely N-dealkylation sites (N-methyl/N-ethyl adjacent to an activating group) is 1. The van der Waals surface area contributed by atoms with Gasteiger partial charge in [0, 0.05) is 15.8 Å². The fraction of sp³-hybridized carbons (Fsp3) is 0.300. The average molecular weight is 419 g/mol. The van der Waals surface area contributed by atoms with Crippen LogP contribution >= 0.6 is 15.9 Å². The van der Waals surface area contributed by atoms with Crippen molar-refractivity contribution in [3.05, 3.63) is 57.6 Å². The van der Waals surface area contributed by atoms with E-state index in [-0.39, 0.29) is 24.9 Å². The van der Waals surface area contributed by atoms with Crippen molar-refractivity contribution in [2.75, 3.05) is 30.8 Å². The lowest BCUT2D eigenvalue weighted by Gasteiger charge is -2.15. The van der Waals surface area contributed by atoms with E-state index in [4.69, 9.17) is 0 Å². The van der Waals surface area contributed by atoms with Crippen molar-refractivity contribution in [2.24, 2.45) is 0 Å². The van der Waals surface area contributed by atoms with E-state index in [1.54, 1.807) is 0 Å². The molecular weight excluding hydrogens is 394 g/mol. The van der Waals surface area contributed by atoms with Crippen LogP contribution in [0.5, 0.6) is 0 Å². The summed E-state index contributed by atoms with van der Waals surface area (Å²) in [7, 11) is 1.83. The van der Waals surface area contributed by atoms with Gasteiger partial charge in [0.1, 0.15) is 0 Å². The molecule has 5 nitrogen and oxygen atoms in total. The number of carbonyl (C=O) groups excluding carboxylic acids is 2. The Morgan fingerprint density at radius 2 is 1.50 bits per heavy atom. The van der Waals surface area contributed by atoms with E-state index in [0.29, 0.717) is 0 Å². The molecule has 0 bridgehead atoms. The van der Waals surface area contributed by atoms with Crippen molar-refractivity contribution in [2.45, 2.75) is 20.8 Å². The number of anilines is 2. The lowest BCUT2D eigenvalue weighted by atomic mass is 10.1. The van der Waals surface area contributed by atoms with Crippen LogP contribution in [0.1, 0.15) is 16.7 Å². The summed E-state index contributed by atoms with van der Waals surface area (Å²) in [6, 6.07) is 11.6. The van der Waals surface area contributed by atoms with E-state index in [2.05, 4.69) is 26.6 Å². The van der Waals surface area contributed by atoms with Crippen molar-refractivity contribution in [1.82, 2.24) is 0 Å². The monoisotopic (exact) mass is 418 g/mol. The molecule has 1 unspecified atom stereocenters. The van der Waals surface area contributed by atoms with E-state index in [0.717, 1.165) is 37.4 Å². The molecule has 26 heavy (non-hydrogen) atoms. The fourth-order valence-electron chi connectivity index (χ4n) is 2.68. The highest BCUT2D eigenvalue weighted by Crippen LogP contribution is 2.20. The lowest BCUT2D eigenvalue weighted by molar-refractivity contribution is -0.862. The van der Waals surface area contributed by atoms with Gasteiger partial charge < -0.3 is 15.5 Å². The molecule has 0 saturated heterocycles. The van der Waals surface area contributed by atoms with Crippen LogP contribution in [0.15, 0.2) is 40.9 Å². The normalized spacial score (nSPS) is 11.7. The highest BCUT2D eigenvalue weighted by Gasteiger charge is 2.16. The number of para-hydroxylation sites is 1. The maximum Gasteiger partial charge on any atom is 0.279 e. The van der Waals surface area contributed by atoms with E-state index in [1.807, 2.05) is 64.2 Å². The van der Waals surface area contributed by atoms with Crippen LogP contribution < -0.4 is 15.5 Å². The highest BCUT2D eigenvalue weighted by molar-refractivity contribution is 9.10. The SMILES string of the molecule is Cc1ccc(NC(=O)C[NH+](C)CC(=O)Nc2c(C)cccc2C)cc1Br. The molecule has 0 saturated carbocycles. The Labute approximate surface area is 162 Å². The van der Waals surface area contributed by atoms with Crippen molar-refractivity contribution in [3.8, 4) is 0 Å². The molecule has 2 aromatic carbocycles. The summed E-state index contributed by atoms with van der Waals surface area (Å²) in [6.45, 7) is 6.35. The number of halogens is 1. The third kappa shape index (κ3) is 5.68. The molecule has 2 rings (SSSR count). The summed E-state index contributed by atoms with van der Waals surface area (Å²) < 4.78 is 0.948. The number of benzene rings is 2. The summed E-state index contributed by atoms with van der Waals surface area (Å²) in [5, 5.41) is 5.81. The van der Waals surface area contributed by atoms with E-state index in [9.17, 15) is 9.59 Å². The van der Waals surface area contributed by atoms with Gasteiger partial charge in [-0.1, -0.05) is 40.2 Å². The van der Waals surface area contributed by atoms with Crippen LogP contribution in [-0.2, 0) is 9.59 Å². The van der Waals surface area contributed by atoms with Gasteiger partial charge in [-0.15, -0.1) is 0 Å². The van der Waals surface area contributed by atoms with Gasteiger partial charge in [0.25, 0.3) is 11.8 Å². The standard InChI is InChI=1S/C20H24BrN3O2/c1-13-8-9-16(10-17(13)21)22-18(25)11-24(4)12-19(26)23-20-14(2)6-5-7-15(20)3/h5-10H,11-12H2,1-4H3,(H,22,25)(H,23,26)/p+1. The van der Waals surface area contributed by atoms with Gasteiger partial charge in [0.15, 0.2) is 13.1 Å². The Morgan fingerprint density at radius 1 is 0.923 bits per heavy atom. The van der Waals surface area contributed by atoms with Gasteiger partial charge >= 0.3 is 0 Å². The first-order chi connectivity index (χ1) is 12.3.